The molecular formula is C21H18F3N5. The molecule has 0 fully saturated rings. The number of aryl methyl sites for hydroxylation is 1. The van der Waals surface area contributed by atoms with Gasteiger partial charge >= 0.3 is 6.18 Å². The van der Waals surface area contributed by atoms with Crippen LogP contribution in [0.2, 0.25) is 0 Å². The number of hydrogen-bond donors (Lipinski definition) is 2. The van der Waals surface area contributed by atoms with E-state index < -0.39 is 11.7 Å². The molecule has 5 nitrogen and oxygen atoms in total. The van der Waals surface area contributed by atoms with Crippen molar-refractivity contribution in [2.75, 3.05) is 17.2 Å². The van der Waals surface area contributed by atoms with Crippen LogP contribution in [0.15, 0.2) is 54.9 Å². The first-order valence-corrected chi connectivity index (χ1v) is 9.15. The number of rotatable bonds is 4. The monoisotopic (exact) mass is 397 g/mol. The Morgan fingerprint density at radius 3 is 2.69 bits per heavy atom. The molecule has 0 atom stereocenters. The van der Waals surface area contributed by atoms with Gasteiger partial charge < -0.3 is 10.6 Å². The minimum absolute atomic E-state index is 0.163. The van der Waals surface area contributed by atoms with Gasteiger partial charge in [0.05, 0.1) is 11.3 Å². The van der Waals surface area contributed by atoms with Crippen LogP contribution in [-0.2, 0) is 12.6 Å². The molecule has 0 saturated heterocycles. The van der Waals surface area contributed by atoms with Crippen LogP contribution in [0.25, 0.3) is 17.1 Å². The Morgan fingerprint density at radius 1 is 1.10 bits per heavy atom. The van der Waals surface area contributed by atoms with Crippen LogP contribution in [0, 0.1) is 0 Å². The first-order valence-electron chi connectivity index (χ1n) is 9.15. The molecule has 0 saturated carbocycles. The van der Waals surface area contributed by atoms with E-state index in [4.69, 9.17) is 0 Å². The van der Waals surface area contributed by atoms with E-state index >= 15 is 0 Å². The summed E-state index contributed by atoms with van der Waals surface area (Å²) in [5, 5.41) is 6.37. The molecule has 2 N–H and O–H groups in total. The Hall–Kier alpha value is -3.42. The zero-order valence-electron chi connectivity index (χ0n) is 15.6. The molecule has 0 unspecified atom stereocenters. The van der Waals surface area contributed by atoms with Gasteiger partial charge in [-0.1, -0.05) is 13.0 Å². The summed E-state index contributed by atoms with van der Waals surface area (Å²) >= 11 is 0. The first-order chi connectivity index (χ1) is 14.0. The average molecular weight is 397 g/mol. The van der Waals surface area contributed by atoms with Crippen molar-refractivity contribution in [3.8, 4) is 11.4 Å². The predicted molar refractivity (Wildman–Crippen MR) is 106 cm³/mol. The zero-order chi connectivity index (χ0) is 20.4. The Kier molecular flexibility index (Phi) is 4.92. The van der Waals surface area contributed by atoms with E-state index in [2.05, 4.69) is 32.5 Å². The number of nitrogens with one attached hydrogen (secondary N) is 2. The lowest BCUT2D eigenvalue weighted by Gasteiger charge is -2.20. The van der Waals surface area contributed by atoms with E-state index in [0.29, 0.717) is 18.2 Å². The van der Waals surface area contributed by atoms with Crippen LogP contribution in [0.1, 0.15) is 23.6 Å². The van der Waals surface area contributed by atoms with E-state index in [-0.39, 0.29) is 11.4 Å². The van der Waals surface area contributed by atoms with Crippen LogP contribution >= 0.6 is 0 Å². The standard InChI is InChI=1S/C21H18F3N5/c1-2-13-5-8-18(27-12-13)28-16-9-11-26-20-14(16)6-7-17(29-20)19-15(21(22,23)24)4-3-10-25-19/h3-10,12H,2,11H2,1H3,(H,26,29)(H,27,28). The maximum absolute atomic E-state index is 13.3. The molecule has 29 heavy (non-hydrogen) atoms. The third kappa shape index (κ3) is 3.91. The molecule has 0 bridgehead atoms. The van der Waals surface area contributed by atoms with Crippen LogP contribution in [-0.4, -0.2) is 21.5 Å². The van der Waals surface area contributed by atoms with Crippen molar-refractivity contribution in [1.82, 2.24) is 15.0 Å². The van der Waals surface area contributed by atoms with E-state index in [1.54, 1.807) is 12.1 Å². The summed E-state index contributed by atoms with van der Waals surface area (Å²) in [5.41, 5.74) is 1.86. The van der Waals surface area contributed by atoms with Gasteiger partial charge in [0.15, 0.2) is 0 Å². The van der Waals surface area contributed by atoms with Crippen LogP contribution in [0.3, 0.4) is 0 Å². The predicted octanol–water partition coefficient (Wildman–Crippen LogP) is 5.00. The van der Waals surface area contributed by atoms with Gasteiger partial charge in [-0.15, -0.1) is 0 Å². The number of anilines is 2. The van der Waals surface area contributed by atoms with Gasteiger partial charge in [0.1, 0.15) is 17.3 Å². The summed E-state index contributed by atoms with van der Waals surface area (Å²) in [5.74, 6) is 1.19. The second kappa shape index (κ2) is 7.54. The number of fused-ring (bicyclic) bond motifs is 1. The summed E-state index contributed by atoms with van der Waals surface area (Å²) in [6, 6.07) is 9.45. The topological polar surface area (TPSA) is 62.7 Å². The first kappa shape index (κ1) is 18.9. The summed E-state index contributed by atoms with van der Waals surface area (Å²) in [6.07, 6.45) is 1.49. The molecule has 0 aliphatic carbocycles. The summed E-state index contributed by atoms with van der Waals surface area (Å²) in [6.45, 7) is 2.55. The molecule has 148 valence electrons. The molecule has 8 heteroatoms. The zero-order valence-corrected chi connectivity index (χ0v) is 15.6. The lowest BCUT2D eigenvalue weighted by atomic mass is 10.1. The fraction of sp³-hybridized carbons (Fsp3) is 0.190. The highest BCUT2D eigenvalue weighted by Crippen LogP contribution is 2.36. The van der Waals surface area contributed by atoms with Gasteiger partial charge in [0, 0.05) is 30.2 Å². The molecule has 0 amide bonds. The normalized spacial score (nSPS) is 13.3. The molecular weight excluding hydrogens is 379 g/mol. The van der Waals surface area contributed by atoms with Crippen LogP contribution in [0.5, 0.6) is 0 Å². The number of hydrogen-bond acceptors (Lipinski definition) is 5. The Bertz CT molecular complexity index is 1060. The number of halogens is 3. The minimum Gasteiger partial charge on any atom is -0.366 e. The molecule has 0 radical (unpaired) electrons. The van der Waals surface area contributed by atoms with Crippen LogP contribution < -0.4 is 10.6 Å². The lowest BCUT2D eigenvalue weighted by molar-refractivity contribution is -0.137. The molecule has 4 heterocycles. The SMILES string of the molecule is CCc1ccc(NC2=CCNc3nc(-c4ncccc4C(F)(F)F)ccc32)nc1. The second-order valence-corrected chi connectivity index (χ2v) is 6.52. The van der Waals surface area contributed by atoms with Gasteiger partial charge in [-0.05, 0) is 48.4 Å². The van der Waals surface area contributed by atoms with Gasteiger partial charge in [-0.3, -0.25) is 4.98 Å². The van der Waals surface area contributed by atoms with Crippen molar-refractivity contribution < 1.29 is 13.2 Å². The molecule has 0 aromatic carbocycles. The second-order valence-electron chi connectivity index (χ2n) is 6.52. The largest absolute Gasteiger partial charge is 0.418 e. The highest BCUT2D eigenvalue weighted by molar-refractivity contribution is 5.84. The Labute approximate surface area is 165 Å². The Morgan fingerprint density at radius 2 is 1.97 bits per heavy atom. The van der Waals surface area contributed by atoms with Gasteiger partial charge in [-0.2, -0.15) is 13.2 Å². The smallest absolute Gasteiger partial charge is 0.366 e. The maximum atomic E-state index is 13.3. The fourth-order valence-corrected chi connectivity index (χ4v) is 3.10. The van der Waals surface area contributed by atoms with E-state index in [9.17, 15) is 13.2 Å². The molecule has 3 aromatic rings. The summed E-state index contributed by atoms with van der Waals surface area (Å²) in [4.78, 5) is 12.7. The van der Waals surface area contributed by atoms with Crippen molar-refractivity contribution >= 4 is 17.3 Å². The molecule has 1 aliphatic rings. The van der Waals surface area contributed by atoms with Gasteiger partial charge in [-0.25, -0.2) is 9.97 Å². The van der Waals surface area contributed by atoms with Crippen molar-refractivity contribution in [3.63, 3.8) is 0 Å². The van der Waals surface area contributed by atoms with E-state index in [0.717, 1.165) is 29.3 Å². The van der Waals surface area contributed by atoms with Gasteiger partial charge in [0.2, 0.25) is 0 Å². The molecule has 0 spiro atoms. The molecule has 3 aromatic heterocycles. The van der Waals surface area contributed by atoms with Crippen molar-refractivity contribution in [2.24, 2.45) is 0 Å². The van der Waals surface area contributed by atoms with Gasteiger partial charge in [0.25, 0.3) is 0 Å². The minimum atomic E-state index is -4.50. The summed E-state index contributed by atoms with van der Waals surface area (Å²) in [7, 11) is 0. The van der Waals surface area contributed by atoms with E-state index in [1.807, 2.05) is 24.4 Å². The fourth-order valence-electron chi connectivity index (χ4n) is 3.10. The quantitative estimate of drug-likeness (QED) is 0.649. The third-order valence-electron chi connectivity index (χ3n) is 4.61. The van der Waals surface area contributed by atoms with Crippen molar-refractivity contribution in [1.29, 1.82) is 0 Å². The van der Waals surface area contributed by atoms with E-state index in [1.165, 1.54) is 12.3 Å². The number of pyridine rings is 3. The van der Waals surface area contributed by atoms with Crippen molar-refractivity contribution in [2.45, 2.75) is 19.5 Å². The molecule has 1 aliphatic heterocycles. The van der Waals surface area contributed by atoms with Crippen LogP contribution in [0.4, 0.5) is 24.8 Å². The van der Waals surface area contributed by atoms with Crippen molar-refractivity contribution in [3.05, 3.63) is 71.6 Å². The number of aromatic nitrogens is 3. The highest BCUT2D eigenvalue weighted by atomic mass is 19.4. The third-order valence-corrected chi connectivity index (χ3v) is 4.61. The average Bonchev–Trinajstić information content (AvgIpc) is 2.73. The number of nitrogens with zero attached hydrogens (tertiary/aromatic N) is 3. The Balaban J connectivity index is 1.66. The molecule has 4 rings (SSSR count). The maximum Gasteiger partial charge on any atom is 0.418 e. The highest BCUT2D eigenvalue weighted by Gasteiger charge is 2.34. The number of alkyl halides is 3. The lowest BCUT2D eigenvalue weighted by Crippen LogP contribution is -2.15. The summed E-state index contributed by atoms with van der Waals surface area (Å²) < 4.78 is 40.0.